The predicted molar refractivity (Wildman–Crippen MR) is 80.2 cm³/mol. The van der Waals surface area contributed by atoms with Crippen LogP contribution in [0.15, 0.2) is 54.7 Å². The van der Waals surface area contributed by atoms with E-state index in [1.165, 1.54) is 0 Å². The number of carbonyl (C=O) groups is 1. The zero-order valence-corrected chi connectivity index (χ0v) is 11.8. The summed E-state index contributed by atoms with van der Waals surface area (Å²) in [5.41, 5.74) is 4.50. The van der Waals surface area contributed by atoms with Crippen molar-refractivity contribution in [3.05, 3.63) is 60.4 Å². The molecule has 1 amide bonds. The number of rotatable bonds is 5. The van der Waals surface area contributed by atoms with Gasteiger partial charge in [0.15, 0.2) is 0 Å². The molecule has 0 spiro atoms. The summed E-state index contributed by atoms with van der Waals surface area (Å²) in [5.74, 6) is -0.121. The van der Waals surface area contributed by atoms with Crippen LogP contribution in [0.2, 0.25) is 0 Å². The molecule has 0 aliphatic carbocycles. The van der Waals surface area contributed by atoms with Gasteiger partial charge in [-0.15, -0.1) is 0 Å². The summed E-state index contributed by atoms with van der Waals surface area (Å²) in [6.07, 6.45) is 2.49. The highest BCUT2D eigenvalue weighted by Crippen LogP contribution is 2.13. The molecular weight excluding hydrogens is 250 g/mol. The number of pyridine rings is 1. The van der Waals surface area contributed by atoms with E-state index in [0.717, 1.165) is 12.1 Å². The van der Waals surface area contributed by atoms with Crippen LogP contribution in [0.5, 0.6) is 0 Å². The molecule has 20 heavy (non-hydrogen) atoms. The number of hydrogen-bond acceptors (Lipinski definition) is 3. The number of amides is 1. The van der Waals surface area contributed by atoms with Gasteiger partial charge >= 0.3 is 0 Å². The molecular formula is C16H19N3O. The van der Waals surface area contributed by atoms with Gasteiger partial charge in [-0.3, -0.25) is 15.2 Å². The Morgan fingerprint density at radius 1 is 1.20 bits per heavy atom. The van der Waals surface area contributed by atoms with Crippen LogP contribution in [-0.2, 0) is 0 Å². The van der Waals surface area contributed by atoms with E-state index in [1.807, 2.05) is 43.3 Å². The van der Waals surface area contributed by atoms with E-state index in [9.17, 15) is 4.79 Å². The largest absolute Gasteiger partial charge is 0.295 e. The molecule has 0 saturated heterocycles. The molecule has 2 aromatic rings. The molecule has 0 radical (unpaired) electrons. The molecule has 4 nitrogen and oxygen atoms in total. The van der Waals surface area contributed by atoms with Crippen LogP contribution in [0, 0.1) is 0 Å². The minimum absolute atomic E-state index is 0.0738. The number of nitrogens with one attached hydrogen (secondary N) is 1. The first-order valence-electron chi connectivity index (χ1n) is 6.78. The third-order valence-electron chi connectivity index (χ3n) is 3.16. The maximum absolute atomic E-state index is 12.6. The van der Waals surface area contributed by atoms with E-state index >= 15 is 0 Å². The molecule has 0 aliphatic heterocycles. The minimum atomic E-state index is -0.121. The summed E-state index contributed by atoms with van der Waals surface area (Å²) in [5, 5.41) is 1.64. The quantitative estimate of drug-likeness (QED) is 0.847. The number of hydrogen-bond donors (Lipinski definition) is 1. The van der Waals surface area contributed by atoms with Crippen LogP contribution in [0.4, 0.5) is 5.69 Å². The van der Waals surface area contributed by atoms with Crippen LogP contribution >= 0.6 is 0 Å². The highest BCUT2D eigenvalue weighted by molar-refractivity contribution is 5.93. The zero-order chi connectivity index (χ0) is 14.4. The SMILES string of the molecule is CCC(C)N(Nc1ccccc1)C(=O)c1ccccn1. The molecule has 104 valence electrons. The molecule has 4 heteroatoms. The molecule has 0 aliphatic rings. The Balaban J connectivity index is 2.22. The third-order valence-corrected chi connectivity index (χ3v) is 3.16. The number of aromatic nitrogens is 1. The number of anilines is 1. The fourth-order valence-corrected chi connectivity index (χ4v) is 1.81. The molecule has 1 aromatic heterocycles. The Labute approximate surface area is 119 Å². The molecule has 1 unspecified atom stereocenters. The van der Waals surface area contributed by atoms with E-state index in [-0.39, 0.29) is 11.9 Å². The van der Waals surface area contributed by atoms with Gasteiger partial charge in [-0.1, -0.05) is 31.2 Å². The second kappa shape index (κ2) is 6.70. The highest BCUT2D eigenvalue weighted by atomic mass is 16.2. The lowest BCUT2D eigenvalue weighted by molar-refractivity contribution is 0.0732. The standard InChI is InChI=1S/C16H19N3O/c1-3-13(2)19(18-14-9-5-4-6-10-14)16(20)15-11-7-8-12-17-15/h4-13,18H,3H2,1-2H3. The smallest absolute Gasteiger partial charge is 0.291 e. The second-order valence-electron chi connectivity index (χ2n) is 4.63. The fourth-order valence-electron chi connectivity index (χ4n) is 1.81. The summed E-state index contributed by atoms with van der Waals surface area (Å²) in [6, 6.07) is 15.1. The van der Waals surface area contributed by atoms with Gasteiger partial charge in [-0.2, -0.15) is 0 Å². The second-order valence-corrected chi connectivity index (χ2v) is 4.63. The van der Waals surface area contributed by atoms with Crippen molar-refractivity contribution < 1.29 is 4.79 Å². The van der Waals surface area contributed by atoms with Gasteiger partial charge in [-0.05, 0) is 37.6 Å². The van der Waals surface area contributed by atoms with Crippen molar-refractivity contribution in [3.8, 4) is 0 Å². The lowest BCUT2D eigenvalue weighted by atomic mass is 10.2. The summed E-state index contributed by atoms with van der Waals surface area (Å²) in [7, 11) is 0. The summed E-state index contributed by atoms with van der Waals surface area (Å²) in [4.78, 5) is 16.7. The van der Waals surface area contributed by atoms with Crippen molar-refractivity contribution in [1.29, 1.82) is 0 Å². The van der Waals surface area contributed by atoms with Crippen molar-refractivity contribution in [3.63, 3.8) is 0 Å². The van der Waals surface area contributed by atoms with E-state index in [2.05, 4.69) is 17.3 Å². The molecule has 0 bridgehead atoms. The van der Waals surface area contributed by atoms with Crippen LogP contribution in [0.3, 0.4) is 0 Å². The van der Waals surface area contributed by atoms with Gasteiger partial charge in [0.2, 0.25) is 0 Å². The number of para-hydroxylation sites is 1. The normalized spacial score (nSPS) is 11.7. The monoisotopic (exact) mass is 269 g/mol. The van der Waals surface area contributed by atoms with Gasteiger partial charge in [0, 0.05) is 6.20 Å². The van der Waals surface area contributed by atoms with Crippen LogP contribution in [0.25, 0.3) is 0 Å². The fraction of sp³-hybridized carbons (Fsp3) is 0.250. The molecule has 1 N–H and O–H groups in total. The van der Waals surface area contributed by atoms with E-state index < -0.39 is 0 Å². The number of hydrazine groups is 1. The zero-order valence-electron chi connectivity index (χ0n) is 11.8. The average Bonchev–Trinajstić information content (AvgIpc) is 2.53. The molecule has 1 aromatic carbocycles. The Hall–Kier alpha value is -2.36. The topological polar surface area (TPSA) is 45.2 Å². The summed E-state index contributed by atoms with van der Waals surface area (Å²) < 4.78 is 0. The van der Waals surface area contributed by atoms with Crippen molar-refractivity contribution in [2.75, 3.05) is 5.43 Å². The van der Waals surface area contributed by atoms with E-state index in [0.29, 0.717) is 5.69 Å². The van der Waals surface area contributed by atoms with Crippen molar-refractivity contribution >= 4 is 11.6 Å². The lowest BCUT2D eigenvalue weighted by Gasteiger charge is -2.29. The van der Waals surface area contributed by atoms with Crippen molar-refractivity contribution in [1.82, 2.24) is 9.99 Å². The van der Waals surface area contributed by atoms with Gasteiger partial charge in [0.1, 0.15) is 5.69 Å². The number of carbonyl (C=O) groups excluding carboxylic acids is 1. The van der Waals surface area contributed by atoms with Crippen molar-refractivity contribution in [2.45, 2.75) is 26.3 Å². The molecule has 2 rings (SSSR count). The van der Waals surface area contributed by atoms with Gasteiger partial charge in [-0.25, -0.2) is 5.01 Å². The first kappa shape index (κ1) is 14.1. The average molecular weight is 269 g/mol. The van der Waals surface area contributed by atoms with E-state index in [4.69, 9.17) is 0 Å². The molecule has 0 fully saturated rings. The van der Waals surface area contributed by atoms with Crippen LogP contribution in [-0.4, -0.2) is 21.9 Å². The van der Waals surface area contributed by atoms with Crippen molar-refractivity contribution in [2.24, 2.45) is 0 Å². The Morgan fingerprint density at radius 2 is 1.90 bits per heavy atom. The predicted octanol–water partition coefficient (Wildman–Crippen LogP) is 3.35. The Kier molecular flexibility index (Phi) is 4.71. The highest BCUT2D eigenvalue weighted by Gasteiger charge is 2.21. The summed E-state index contributed by atoms with van der Waals surface area (Å²) >= 11 is 0. The minimum Gasteiger partial charge on any atom is -0.295 e. The lowest BCUT2D eigenvalue weighted by Crippen LogP contribution is -2.43. The Bertz CT molecular complexity index is 542. The van der Waals surface area contributed by atoms with Crippen LogP contribution in [0.1, 0.15) is 30.8 Å². The first-order valence-corrected chi connectivity index (χ1v) is 6.78. The van der Waals surface area contributed by atoms with Gasteiger partial charge in [0.05, 0.1) is 11.7 Å². The number of benzene rings is 1. The maximum Gasteiger partial charge on any atom is 0.291 e. The Morgan fingerprint density at radius 3 is 2.50 bits per heavy atom. The molecule has 1 atom stereocenters. The molecule has 0 saturated carbocycles. The first-order chi connectivity index (χ1) is 9.72. The third kappa shape index (κ3) is 3.35. The number of nitrogens with zero attached hydrogens (tertiary/aromatic N) is 2. The maximum atomic E-state index is 12.6. The van der Waals surface area contributed by atoms with Gasteiger partial charge in [0.25, 0.3) is 5.91 Å². The van der Waals surface area contributed by atoms with Gasteiger partial charge < -0.3 is 0 Å². The van der Waals surface area contributed by atoms with E-state index in [1.54, 1.807) is 23.3 Å². The summed E-state index contributed by atoms with van der Waals surface area (Å²) in [6.45, 7) is 4.06. The molecule has 1 heterocycles. The van der Waals surface area contributed by atoms with Crippen LogP contribution < -0.4 is 5.43 Å².